The van der Waals surface area contributed by atoms with E-state index < -0.39 is 0 Å². The lowest BCUT2D eigenvalue weighted by molar-refractivity contribution is 0.0914. The Morgan fingerprint density at radius 2 is 1.94 bits per heavy atom. The quantitative estimate of drug-likeness (QED) is 0.632. The van der Waals surface area contributed by atoms with Crippen molar-refractivity contribution in [3.63, 3.8) is 0 Å². The predicted molar refractivity (Wildman–Crippen MR) is 64.5 cm³/mol. The van der Waals surface area contributed by atoms with Gasteiger partial charge in [-0.1, -0.05) is 11.6 Å². The van der Waals surface area contributed by atoms with E-state index >= 15 is 0 Å². The smallest absolute Gasteiger partial charge is 0.166 e. The number of halogens is 1. The van der Waals surface area contributed by atoms with Gasteiger partial charge in [0, 0.05) is 11.5 Å². The summed E-state index contributed by atoms with van der Waals surface area (Å²) in [6, 6.07) is 5.20. The van der Waals surface area contributed by atoms with Crippen LogP contribution in [-0.4, -0.2) is 5.78 Å². The molecule has 3 heteroatoms. The predicted octanol–water partition coefficient (Wildman–Crippen LogP) is 3.15. The first-order chi connectivity index (χ1) is 7.65. The van der Waals surface area contributed by atoms with Crippen LogP contribution < -0.4 is 5.73 Å². The average Bonchev–Trinajstić information content (AvgIpc) is 2.89. The Hall–Kier alpha value is -1.02. The van der Waals surface area contributed by atoms with Crippen molar-refractivity contribution in [1.29, 1.82) is 0 Å². The Kier molecular flexibility index (Phi) is 2.21. The van der Waals surface area contributed by atoms with Crippen LogP contribution in [0.2, 0.25) is 5.02 Å². The Morgan fingerprint density at radius 1 is 1.25 bits per heavy atom. The van der Waals surface area contributed by atoms with Crippen LogP contribution in [0.3, 0.4) is 0 Å². The van der Waals surface area contributed by atoms with Gasteiger partial charge in [0.1, 0.15) is 0 Å². The van der Waals surface area contributed by atoms with Crippen LogP contribution in [-0.2, 0) is 0 Å². The number of hydrogen-bond acceptors (Lipinski definition) is 2. The summed E-state index contributed by atoms with van der Waals surface area (Å²) in [6.45, 7) is 0. The van der Waals surface area contributed by atoms with Crippen molar-refractivity contribution < 1.29 is 4.79 Å². The number of benzene rings is 1. The highest BCUT2D eigenvalue weighted by Crippen LogP contribution is 2.54. The normalized spacial score (nSPS) is 31.2. The third kappa shape index (κ3) is 1.61. The summed E-state index contributed by atoms with van der Waals surface area (Å²) in [7, 11) is 0. The number of hydrogen-bond donors (Lipinski definition) is 1. The minimum atomic E-state index is 0.225. The molecule has 84 valence electrons. The van der Waals surface area contributed by atoms with Gasteiger partial charge in [-0.25, -0.2) is 0 Å². The van der Waals surface area contributed by atoms with Crippen LogP contribution in [0.15, 0.2) is 18.2 Å². The molecule has 2 aliphatic rings. The van der Waals surface area contributed by atoms with E-state index in [9.17, 15) is 4.79 Å². The minimum absolute atomic E-state index is 0.225. The van der Waals surface area contributed by atoms with Gasteiger partial charge in [0.05, 0.1) is 10.7 Å². The summed E-state index contributed by atoms with van der Waals surface area (Å²) in [5.74, 6) is 2.13. The molecule has 1 aromatic rings. The molecule has 2 nitrogen and oxygen atoms in total. The number of carbonyl (C=O) groups is 1. The summed E-state index contributed by atoms with van der Waals surface area (Å²) in [5.41, 5.74) is 6.88. The molecule has 2 atom stereocenters. The lowest BCUT2D eigenvalue weighted by Crippen LogP contribution is -2.13. The van der Waals surface area contributed by atoms with E-state index in [1.54, 1.807) is 18.2 Å². The average molecular weight is 236 g/mol. The third-order valence-corrected chi connectivity index (χ3v) is 4.23. The van der Waals surface area contributed by atoms with Crippen LogP contribution in [0.1, 0.15) is 29.6 Å². The van der Waals surface area contributed by atoms with Crippen molar-refractivity contribution in [2.24, 2.45) is 17.8 Å². The molecule has 0 amide bonds. The molecule has 0 spiro atoms. The van der Waals surface area contributed by atoms with Gasteiger partial charge in [-0.15, -0.1) is 0 Å². The van der Waals surface area contributed by atoms with Crippen molar-refractivity contribution in [3.8, 4) is 0 Å². The molecule has 2 unspecified atom stereocenters. The third-order valence-electron chi connectivity index (χ3n) is 3.90. The summed E-state index contributed by atoms with van der Waals surface area (Å²) in [5, 5.41) is 0.481. The number of nitrogens with two attached hydrogens (primary N) is 1. The van der Waals surface area contributed by atoms with E-state index in [4.69, 9.17) is 17.3 Å². The lowest BCUT2D eigenvalue weighted by atomic mass is 9.93. The molecule has 16 heavy (non-hydrogen) atoms. The molecule has 0 bridgehead atoms. The highest BCUT2D eigenvalue weighted by Gasteiger charge is 2.47. The van der Waals surface area contributed by atoms with Crippen LogP contribution in [0, 0.1) is 17.8 Å². The van der Waals surface area contributed by atoms with Crippen molar-refractivity contribution in [2.75, 3.05) is 5.73 Å². The van der Waals surface area contributed by atoms with Gasteiger partial charge in [0.2, 0.25) is 0 Å². The van der Waals surface area contributed by atoms with Crippen LogP contribution in [0.4, 0.5) is 5.69 Å². The first-order valence-corrected chi connectivity index (χ1v) is 6.12. The molecule has 2 N–H and O–H groups in total. The van der Waals surface area contributed by atoms with Crippen LogP contribution in [0.25, 0.3) is 0 Å². The molecule has 0 radical (unpaired) electrons. The van der Waals surface area contributed by atoms with Crippen molar-refractivity contribution >= 4 is 23.1 Å². The topological polar surface area (TPSA) is 43.1 Å². The fourth-order valence-corrected chi connectivity index (χ4v) is 3.03. The molecule has 0 heterocycles. The van der Waals surface area contributed by atoms with Gasteiger partial charge in [-0.3, -0.25) is 4.79 Å². The summed E-state index contributed by atoms with van der Waals surface area (Å²) >= 11 is 5.92. The van der Waals surface area contributed by atoms with E-state index in [2.05, 4.69) is 0 Å². The molecule has 2 fully saturated rings. The van der Waals surface area contributed by atoms with Gasteiger partial charge in [-0.2, -0.15) is 0 Å². The molecule has 0 aromatic heterocycles. The summed E-state index contributed by atoms with van der Waals surface area (Å²) in [6.07, 6.45) is 3.49. The van der Waals surface area contributed by atoms with E-state index in [1.807, 2.05) is 0 Å². The summed E-state index contributed by atoms with van der Waals surface area (Å²) < 4.78 is 0. The second-order valence-electron chi connectivity index (χ2n) is 5.02. The highest BCUT2D eigenvalue weighted by atomic mass is 35.5. The molecule has 0 saturated heterocycles. The van der Waals surface area contributed by atoms with Gasteiger partial charge in [0.25, 0.3) is 0 Å². The van der Waals surface area contributed by atoms with E-state index in [1.165, 1.54) is 6.42 Å². The second kappa shape index (κ2) is 3.49. The van der Waals surface area contributed by atoms with Gasteiger partial charge in [-0.05, 0) is 49.3 Å². The zero-order valence-corrected chi connectivity index (χ0v) is 9.70. The molecular formula is C13H14ClNO. The van der Waals surface area contributed by atoms with Crippen molar-refractivity contribution in [3.05, 3.63) is 28.8 Å². The van der Waals surface area contributed by atoms with Gasteiger partial charge >= 0.3 is 0 Å². The second-order valence-corrected chi connectivity index (χ2v) is 5.43. The monoisotopic (exact) mass is 235 g/mol. The maximum absolute atomic E-state index is 12.2. The largest absolute Gasteiger partial charge is 0.398 e. The molecular weight excluding hydrogens is 222 g/mol. The van der Waals surface area contributed by atoms with E-state index in [0.717, 1.165) is 24.7 Å². The lowest BCUT2D eigenvalue weighted by Gasteiger charge is -2.11. The number of rotatable bonds is 2. The van der Waals surface area contributed by atoms with Crippen molar-refractivity contribution in [1.82, 2.24) is 0 Å². The molecule has 1 aromatic carbocycles. The minimum Gasteiger partial charge on any atom is -0.398 e. The number of carbonyl (C=O) groups excluding carboxylic acids is 1. The first-order valence-electron chi connectivity index (χ1n) is 5.74. The SMILES string of the molecule is Nc1ccc(C(=O)C2CC3CC3C2)cc1Cl. The number of fused-ring (bicyclic) bond motifs is 1. The zero-order chi connectivity index (χ0) is 11.3. The standard InChI is InChI=1S/C13H14ClNO/c14-11-6-7(1-2-12(11)15)13(16)10-4-8-3-9(8)5-10/h1-2,6,8-10H,3-5,15H2. The maximum Gasteiger partial charge on any atom is 0.166 e. The van der Waals surface area contributed by atoms with E-state index in [0.29, 0.717) is 16.3 Å². The Labute approximate surface area is 99.8 Å². The Bertz CT molecular complexity index is 447. The van der Waals surface area contributed by atoms with Gasteiger partial charge in [0.15, 0.2) is 5.78 Å². The Balaban J connectivity index is 1.80. The number of nitrogen functional groups attached to an aromatic ring is 1. The maximum atomic E-state index is 12.2. The molecule has 0 aliphatic heterocycles. The Morgan fingerprint density at radius 3 is 2.56 bits per heavy atom. The van der Waals surface area contributed by atoms with Crippen LogP contribution in [0.5, 0.6) is 0 Å². The number of anilines is 1. The zero-order valence-electron chi connectivity index (χ0n) is 8.95. The molecule has 2 aliphatic carbocycles. The number of Topliss-reactive ketones (excluding diaryl/α,β-unsaturated/α-hetero) is 1. The fourth-order valence-electron chi connectivity index (χ4n) is 2.84. The highest BCUT2D eigenvalue weighted by molar-refractivity contribution is 6.33. The number of ketones is 1. The molecule has 3 rings (SSSR count). The van der Waals surface area contributed by atoms with Crippen molar-refractivity contribution in [2.45, 2.75) is 19.3 Å². The molecule has 2 saturated carbocycles. The van der Waals surface area contributed by atoms with Crippen LogP contribution >= 0.6 is 11.6 Å². The van der Waals surface area contributed by atoms with Gasteiger partial charge < -0.3 is 5.73 Å². The summed E-state index contributed by atoms with van der Waals surface area (Å²) in [4.78, 5) is 12.2. The van der Waals surface area contributed by atoms with E-state index in [-0.39, 0.29) is 11.7 Å². The fraction of sp³-hybridized carbons (Fsp3) is 0.462. The first kappa shape index (κ1) is 10.2.